The fraction of sp³-hybridized carbons (Fsp3) is 0. The largest absolute Gasteiger partial charge is 3.00 e. The molecule has 0 aliphatic rings. The van der Waals surface area contributed by atoms with E-state index in [0.717, 1.165) is 0 Å². The minimum atomic E-state index is -5.42. The molecule has 0 aromatic heterocycles. The van der Waals surface area contributed by atoms with E-state index in [-0.39, 0.29) is 46.9 Å². The fourth-order valence-corrected chi connectivity index (χ4v) is 0. The summed E-state index contributed by atoms with van der Waals surface area (Å²) in [7, 11) is -16.2. The monoisotopic (exact) mass is 471 g/mol. The normalized spacial score (nSPS) is 10.9. The molecule has 0 heterocycles. The van der Waals surface area contributed by atoms with Crippen molar-refractivity contribution in [1.82, 2.24) is 0 Å². The van der Waals surface area contributed by atoms with Crippen molar-refractivity contribution < 1.29 is 97.5 Å². The summed E-state index contributed by atoms with van der Waals surface area (Å²) >= 11 is 0. The second-order valence-electron chi connectivity index (χ2n) is 1.18. The van der Waals surface area contributed by atoms with Crippen LogP contribution in [0.25, 0.3) is 0 Å². The molecule has 0 rings (SSSR count). The van der Waals surface area contributed by atoms with Gasteiger partial charge in [-0.15, -0.1) is 11.7 Å². The fourth-order valence-electron chi connectivity index (χ4n) is 0. The van der Waals surface area contributed by atoms with Gasteiger partial charge in [0.1, 0.15) is 0 Å². The third-order valence-electron chi connectivity index (χ3n) is 0. The Morgan fingerprint density at radius 2 is 0.562 bits per heavy atom. The molecular weight excluding hydrogens is 470 g/mol. The zero-order chi connectivity index (χ0) is 13.5. The Bertz CT molecular complexity index is 347. The second kappa shape index (κ2) is 10.0. The first-order valence-electron chi connectivity index (χ1n) is 1.96. The van der Waals surface area contributed by atoms with Crippen LogP contribution in [0, 0.1) is 46.9 Å². The SMILES string of the molecule is O=S(=O)([O-])F.O=S(=O)([O-])F.O=S(=O)([O-])F.[Yb+3]. The molecule has 9 nitrogen and oxygen atoms in total. The van der Waals surface area contributed by atoms with Crippen LogP contribution in [0.2, 0.25) is 0 Å². The number of halogens is 3. The summed E-state index contributed by atoms with van der Waals surface area (Å²) in [5, 5.41) is 0. The summed E-state index contributed by atoms with van der Waals surface area (Å²) in [5.41, 5.74) is 0. The van der Waals surface area contributed by atoms with Crippen molar-refractivity contribution >= 4 is 31.5 Å². The minimum Gasteiger partial charge on any atom is -0.722 e. The van der Waals surface area contributed by atoms with E-state index in [1.165, 1.54) is 0 Å². The predicted molar refractivity (Wildman–Crippen MR) is 32.4 cm³/mol. The van der Waals surface area contributed by atoms with Crippen molar-refractivity contribution in [3.63, 3.8) is 0 Å². The van der Waals surface area contributed by atoms with Crippen molar-refractivity contribution in [2.45, 2.75) is 0 Å². The van der Waals surface area contributed by atoms with Gasteiger partial charge in [-0.2, -0.15) is 0 Å². The van der Waals surface area contributed by atoms with Gasteiger partial charge < -0.3 is 13.7 Å². The molecule has 0 unspecified atom stereocenters. The van der Waals surface area contributed by atoms with Crippen molar-refractivity contribution in [2.24, 2.45) is 0 Å². The van der Waals surface area contributed by atoms with Gasteiger partial charge in [0, 0.05) is 0 Å². The predicted octanol–water partition coefficient (Wildman–Crippen LogP) is -1.75. The minimum absolute atomic E-state index is 0. The summed E-state index contributed by atoms with van der Waals surface area (Å²) in [5.74, 6) is 0. The molecule has 0 bridgehead atoms. The molecular formula is F3O9S3Yb. The van der Waals surface area contributed by atoms with Crippen molar-refractivity contribution in [1.29, 1.82) is 0 Å². The first-order chi connectivity index (χ1) is 6.00. The van der Waals surface area contributed by atoms with Gasteiger partial charge in [0.25, 0.3) is 31.5 Å². The van der Waals surface area contributed by atoms with Crippen LogP contribution in [0.5, 0.6) is 0 Å². The summed E-state index contributed by atoms with van der Waals surface area (Å²) in [6.45, 7) is 0. The molecule has 0 spiro atoms. The van der Waals surface area contributed by atoms with E-state index in [2.05, 4.69) is 0 Å². The molecule has 0 aromatic rings. The van der Waals surface area contributed by atoms with Crippen LogP contribution in [0.1, 0.15) is 0 Å². The molecule has 0 aliphatic heterocycles. The van der Waals surface area contributed by atoms with Crippen LogP contribution in [-0.4, -0.2) is 38.9 Å². The third-order valence-corrected chi connectivity index (χ3v) is 0. The first kappa shape index (κ1) is 25.8. The molecule has 0 aliphatic carbocycles. The average Bonchev–Trinajstić information content (AvgIpc) is 1.41. The van der Waals surface area contributed by atoms with Gasteiger partial charge >= 0.3 is 46.9 Å². The van der Waals surface area contributed by atoms with E-state index in [9.17, 15) is 11.7 Å². The first-order valence-corrected chi connectivity index (χ1v) is 5.89. The molecule has 16 heteroatoms. The quantitative estimate of drug-likeness (QED) is 0.294. The van der Waals surface area contributed by atoms with Crippen LogP contribution in [-0.2, 0) is 31.5 Å². The molecule has 0 saturated carbocycles. The molecule has 0 amide bonds. The van der Waals surface area contributed by atoms with E-state index in [1.54, 1.807) is 0 Å². The molecule has 0 atom stereocenters. The van der Waals surface area contributed by atoms with Crippen molar-refractivity contribution in [3.05, 3.63) is 0 Å². The van der Waals surface area contributed by atoms with Crippen LogP contribution >= 0.6 is 0 Å². The Balaban J connectivity index is -0.0000000655. The zero-order valence-electron chi connectivity index (χ0n) is 6.30. The van der Waals surface area contributed by atoms with Gasteiger partial charge in [0.2, 0.25) is 0 Å². The Morgan fingerprint density at radius 1 is 0.562 bits per heavy atom. The molecule has 16 heavy (non-hydrogen) atoms. The average molecular weight is 470 g/mol. The summed E-state index contributed by atoms with van der Waals surface area (Å²) in [4.78, 5) is 0. The Labute approximate surface area is 127 Å². The Kier molecular flexibility index (Phi) is 16.1. The molecule has 107 valence electrons. The van der Waals surface area contributed by atoms with Gasteiger partial charge in [-0.25, -0.2) is 25.3 Å². The topological polar surface area (TPSA) is 172 Å². The van der Waals surface area contributed by atoms with Gasteiger partial charge in [-0.05, 0) is 0 Å². The second-order valence-corrected chi connectivity index (χ2v) is 3.54. The Morgan fingerprint density at radius 3 is 0.562 bits per heavy atom. The maximum atomic E-state index is 10.1. The Hall–Kier alpha value is 1.04. The van der Waals surface area contributed by atoms with Gasteiger partial charge in [-0.1, -0.05) is 0 Å². The van der Waals surface area contributed by atoms with Crippen molar-refractivity contribution in [3.8, 4) is 0 Å². The smallest absolute Gasteiger partial charge is 0.722 e. The summed E-state index contributed by atoms with van der Waals surface area (Å²) < 4.78 is 106. The summed E-state index contributed by atoms with van der Waals surface area (Å²) in [6, 6.07) is 0. The van der Waals surface area contributed by atoms with E-state index in [1.807, 2.05) is 0 Å². The molecule has 0 aromatic carbocycles. The van der Waals surface area contributed by atoms with Gasteiger partial charge in [-0.3, -0.25) is 0 Å². The third kappa shape index (κ3) is 2740. The van der Waals surface area contributed by atoms with Crippen LogP contribution < -0.4 is 0 Å². The van der Waals surface area contributed by atoms with E-state index < -0.39 is 31.5 Å². The van der Waals surface area contributed by atoms with Crippen molar-refractivity contribution in [2.75, 3.05) is 0 Å². The summed E-state index contributed by atoms with van der Waals surface area (Å²) in [6.07, 6.45) is 0. The van der Waals surface area contributed by atoms with E-state index >= 15 is 0 Å². The molecule has 0 saturated heterocycles. The van der Waals surface area contributed by atoms with Gasteiger partial charge in [0.15, 0.2) is 0 Å². The van der Waals surface area contributed by atoms with Crippen LogP contribution in [0.15, 0.2) is 0 Å². The van der Waals surface area contributed by atoms with Crippen LogP contribution in [0.3, 0.4) is 0 Å². The van der Waals surface area contributed by atoms with Gasteiger partial charge in [0.05, 0.1) is 0 Å². The maximum absolute atomic E-state index is 10.1. The number of hydrogen-bond acceptors (Lipinski definition) is 9. The van der Waals surface area contributed by atoms with Crippen LogP contribution in [0.4, 0.5) is 11.7 Å². The standard InChI is InChI=1S/3FHO3S.Yb/c3*1-5(2,3)4;/h3*(H,2,3,4);/q;;;+3/p-3. The maximum Gasteiger partial charge on any atom is 3.00 e. The number of rotatable bonds is 0. The molecule has 0 fully saturated rings. The van der Waals surface area contributed by atoms with E-state index in [4.69, 9.17) is 38.9 Å². The van der Waals surface area contributed by atoms with E-state index in [0.29, 0.717) is 0 Å². The zero-order valence-corrected chi connectivity index (χ0v) is 10.5. The molecule has 0 N–H and O–H groups in total. The molecule has 1 radical (unpaired) electrons. The number of hydrogen-bond donors (Lipinski definition) is 0.